The highest BCUT2D eigenvalue weighted by molar-refractivity contribution is 5.90. The number of halogens is 1. The fourth-order valence-electron chi connectivity index (χ4n) is 2.31. The Kier molecular flexibility index (Phi) is 7.78. The number of esters is 1. The van der Waals surface area contributed by atoms with E-state index in [2.05, 4.69) is 21.9 Å². The fourth-order valence-corrected chi connectivity index (χ4v) is 2.31. The molecule has 0 aliphatic carbocycles. The third kappa shape index (κ3) is 7.15. The average Bonchev–Trinajstić information content (AvgIpc) is 2.52. The molecule has 2 atom stereocenters. The highest BCUT2D eigenvalue weighted by Crippen LogP contribution is 2.09. The van der Waals surface area contributed by atoms with E-state index in [1.165, 1.54) is 32.2 Å². The lowest BCUT2D eigenvalue weighted by atomic mass is 10.0. The summed E-state index contributed by atoms with van der Waals surface area (Å²) >= 11 is 0. The number of carbonyl (C=O) groups is 3. The van der Waals surface area contributed by atoms with Crippen molar-refractivity contribution in [2.24, 2.45) is 0 Å². The van der Waals surface area contributed by atoms with Gasteiger partial charge < -0.3 is 15.4 Å². The number of amides is 2. The van der Waals surface area contributed by atoms with E-state index in [0.717, 1.165) is 0 Å². The minimum Gasteiger partial charge on any atom is -0.467 e. The van der Waals surface area contributed by atoms with Crippen LogP contribution in [0.25, 0.3) is 0 Å². The summed E-state index contributed by atoms with van der Waals surface area (Å²) in [7, 11) is 1.22. The molecular formula is C18H23FN2O4. The van der Waals surface area contributed by atoms with Crippen molar-refractivity contribution in [3.8, 4) is 0 Å². The topological polar surface area (TPSA) is 84.5 Å². The Morgan fingerprint density at radius 1 is 1.20 bits per heavy atom. The maximum atomic E-state index is 13.3. The maximum absolute atomic E-state index is 13.3. The standard InChI is InChI=1S/C18H23FN2O4/c1-11(2)8-16(18(24)25-4)21-17(23)15(20-12(3)22)10-13-6-5-7-14(19)9-13/h5-7,9,15-16H,1,8,10H2,2-4H3,(H,20,22)(H,21,23)/t15-,16+/m1/s1. The van der Waals surface area contributed by atoms with Crippen LogP contribution in [0, 0.1) is 5.82 Å². The van der Waals surface area contributed by atoms with Crippen LogP contribution in [0.15, 0.2) is 36.4 Å². The molecule has 25 heavy (non-hydrogen) atoms. The van der Waals surface area contributed by atoms with E-state index in [0.29, 0.717) is 11.1 Å². The second kappa shape index (κ2) is 9.56. The van der Waals surface area contributed by atoms with Crippen LogP contribution in [-0.4, -0.2) is 37.0 Å². The van der Waals surface area contributed by atoms with Crippen LogP contribution in [0.2, 0.25) is 0 Å². The number of nitrogens with one attached hydrogen (secondary N) is 2. The van der Waals surface area contributed by atoms with Crippen molar-refractivity contribution in [2.75, 3.05) is 7.11 Å². The smallest absolute Gasteiger partial charge is 0.328 e. The summed E-state index contributed by atoms with van der Waals surface area (Å²) in [6.45, 7) is 6.72. The molecule has 0 spiro atoms. The quantitative estimate of drug-likeness (QED) is 0.550. The summed E-state index contributed by atoms with van der Waals surface area (Å²) in [6, 6.07) is 3.89. The van der Waals surface area contributed by atoms with Gasteiger partial charge in [-0.15, -0.1) is 6.58 Å². The summed E-state index contributed by atoms with van der Waals surface area (Å²) in [4.78, 5) is 35.7. The van der Waals surface area contributed by atoms with Gasteiger partial charge in [-0.1, -0.05) is 17.7 Å². The highest BCUT2D eigenvalue weighted by Gasteiger charge is 2.27. The highest BCUT2D eigenvalue weighted by atomic mass is 19.1. The van der Waals surface area contributed by atoms with E-state index in [1.807, 2.05) is 0 Å². The van der Waals surface area contributed by atoms with Gasteiger partial charge in [-0.25, -0.2) is 9.18 Å². The third-order valence-electron chi connectivity index (χ3n) is 3.38. The van der Waals surface area contributed by atoms with Crippen LogP contribution in [0.3, 0.4) is 0 Å². The molecule has 1 aromatic rings. The first-order valence-electron chi connectivity index (χ1n) is 7.77. The number of ether oxygens (including phenoxy) is 1. The molecule has 0 aromatic heterocycles. The summed E-state index contributed by atoms with van der Waals surface area (Å²) in [5.41, 5.74) is 1.24. The number of carbonyl (C=O) groups excluding carboxylic acids is 3. The summed E-state index contributed by atoms with van der Waals surface area (Å²) in [5, 5.41) is 5.07. The van der Waals surface area contributed by atoms with Crippen LogP contribution in [-0.2, 0) is 25.5 Å². The largest absolute Gasteiger partial charge is 0.467 e. The van der Waals surface area contributed by atoms with Gasteiger partial charge in [-0.05, 0) is 31.0 Å². The lowest BCUT2D eigenvalue weighted by Gasteiger charge is -2.22. The normalized spacial score (nSPS) is 12.6. The van der Waals surface area contributed by atoms with E-state index in [-0.39, 0.29) is 12.8 Å². The molecular weight excluding hydrogens is 327 g/mol. The molecule has 2 amide bonds. The van der Waals surface area contributed by atoms with Crippen LogP contribution in [0.1, 0.15) is 25.8 Å². The van der Waals surface area contributed by atoms with Gasteiger partial charge in [0.2, 0.25) is 11.8 Å². The summed E-state index contributed by atoms with van der Waals surface area (Å²) in [6.07, 6.45) is 0.301. The first kappa shape index (κ1) is 20.3. The van der Waals surface area contributed by atoms with Crippen molar-refractivity contribution in [3.05, 3.63) is 47.8 Å². The van der Waals surface area contributed by atoms with Crippen LogP contribution >= 0.6 is 0 Å². The number of hydrogen-bond acceptors (Lipinski definition) is 4. The number of hydrogen-bond donors (Lipinski definition) is 2. The van der Waals surface area contributed by atoms with Crippen LogP contribution in [0.4, 0.5) is 4.39 Å². The fraction of sp³-hybridized carbons (Fsp3) is 0.389. The molecule has 0 aliphatic rings. The van der Waals surface area contributed by atoms with E-state index >= 15 is 0 Å². The summed E-state index contributed by atoms with van der Waals surface area (Å²) in [5.74, 6) is -2.01. The Morgan fingerprint density at radius 3 is 2.40 bits per heavy atom. The molecule has 0 bridgehead atoms. The van der Waals surface area contributed by atoms with Gasteiger partial charge in [-0.3, -0.25) is 9.59 Å². The predicted molar refractivity (Wildman–Crippen MR) is 91.1 cm³/mol. The van der Waals surface area contributed by atoms with Gasteiger partial charge in [0, 0.05) is 13.3 Å². The Bertz CT molecular complexity index is 660. The van der Waals surface area contributed by atoms with E-state index < -0.39 is 35.7 Å². The molecule has 6 nitrogen and oxygen atoms in total. The molecule has 0 radical (unpaired) electrons. The Labute approximate surface area is 146 Å². The van der Waals surface area contributed by atoms with Gasteiger partial charge in [0.1, 0.15) is 17.9 Å². The van der Waals surface area contributed by atoms with Crippen molar-refractivity contribution in [1.29, 1.82) is 0 Å². The first-order chi connectivity index (χ1) is 11.7. The van der Waals surface area contributed by atoms with Crippen molar-refractivity contribution in [3.63, 3.8) is 0 Å². The lowest BCUT2D eigenvalue weighted by molar-refractivity contribution is -0.145. The molecule has 1 rings (SSSR count). The van der Waals surface area contributed by atoms with E-state index in [1.54, 1.807) is 13.0 Å². The minimum absolute atomic E-state index is 0.0874. The van der Waals surface area contributed by atoms with Gasteiger partial charge in [0.05, 0.1) is 7.11 Å². The Morgan fingerprint density at radius 2 is 1.88 bits per heavy atom. The maximum Gasteiger partial charge on any atom is 0.328 e. The molecule has 0 aliphatic heterocycles. The molecule has 0 saturated carbocycles. The second-order valence-corrected chi connectivity index (χ2v) is 5.83. The SMILES string of the molecule is C=C(C)C[C@H](NC(=O)[C@@H](Cc1cccc(F)c1)NC(C)=O)C(=O)OC. The Balaban J connectivity index is 2.92. The van der Waals surface area contributed by atoms with Gasteiger partial charge in [-0.2, -0.15) is 0 Å². The number of methoxy groups -OCH3 is 1. The van der Waals surface area contributed by atoms with Crippen LogP contribution in [0.5, 0.6) is 0 Å². The van der Waals surface area contributed by atoms with Crippen molar-refractivity contribution < 1.29 is 23.5 Å². The zero-order valence-corrected chi connectivity index (χ0v) is 14.6. The van der Waals surface area contributed by atoms with E-state index in [9.17, 15) is 18.8 Å². The molecule has 0 heterocycles. The predicted octanol–water partition coefficient (Wildman–Crippen LogP) is 1.50. The molecule has 0 unspecified atom stereocenters. The molecule has 7 heteroatoms. The Hall–Kier alpha value is -2.70. The van der Waals surface area contributed by atoms with Crippen LogP contribution < -0.4 is 10.6 Å². The third-order valence-corrected chi connectivity index (χ3v) is 3.38. The van der Waals surface area contributed by atoms with Crippen molar-refractivity contribution in [2.45, 2.75) is 38.8 Å². The molecule has 136 valence electrons. The van der Waals surface area contributed by atoms with Gasteiger partial charge in [0.25, 0.3) is 0 Å². The number of benzene rings is 1. The lowest BCUT2D eigenvalue weighted by Crippen LogP contribution is -2.52. The van der Waals surface area contributed by atoms with Crippen molar-refractivity contribution >= 4 is 17.8 Å². The molecule has 1 aromatic carbocycles. The van der Waals surface area contributed by atoms with Gasteiger partial charge in [0.15, 0.2) is 0 Å². The molecule has 0 fully saturated rings. The zero-order chi connectivity index (χ0) is 19.0. The molecule has 2 N–H and O–H groups in total. The molecule has 0 saturated heterocycles. The second-order valence-electron chi connectivity index (χ2n) is 5.83. The zero-order valence-electron chi connectivity index (χ0n) is 14.6. The monoisotopic (exact) mass is 350 g/mol. The number of rotatable bonds is 8. The minimum atomic E-state index is -0.948. The first-order valence-corrected chi connectivity index (χ1v) is 7.77. The average molecular weight is 350 g/mol. The summed E-state index contributed by atoms with van der Waals surface area (Å²) < 4.78 is 18.0. The van der Waals surface area contributed by atoms with Crippen molar-refractivity contribution in [1.82, 2.24) is 10.6 Å². The van der Waals surface area contributed by atoms with Gasteiger partial charge >= 0.3 is 5.97 Å². The van der Waals surface area contributed by atoms with E-state index in [4.69, 9.17) is 0 Å².